The lowest BCUT2D eigenvalue weighted by Gasteiger charge is -2.33. The van der Waals surface area contributed by atoms with E-state index in [4.69, 9.17) is 0 Å². The van der Waals surface area contributed by atoms with E-state index in [1.165, 1.54) is 11.3 Å². The fourth-order valence-electron chi connectivity index (χ4n) is 3.02. The number of aromatic nitrogens is 2. The van der Waals surface area contributed by atoms with E-state index in [1.807, 2.05) is 12.4 Å². The molecule has 138 valence electrons. The number of hydrogen-bond acceptors (Lipinski definition) is 5. The normalized spacial score (nSPS) is 17.4. The monoisotopic (exact) mass is 446 g/mol. The Morgan fingerprint density at radius 3 is 2.52 bits per heavy atom. The average molecular weight is 447 g/mol. The molecule has 0 atom stereocenters. The van der Waals surface area contributed by atoms with Gasteiger partial charge in [0.2, 0.25) is 0 Å². The lowest BCUT2D eigenvalue weighted by atomic mass is 10.2. The minimum atomic E-state index is -3.36. The second kappa shape index (κ2) is 7.87. The highest BCUT2D eigenvalue weighted by Gasteiger charge is 2.29. The summed E-state index contributed by atoms with van der Waals surface area (Å²) < 4.78 is 30.3. The van der Waals surface area contributed by atoms with Gasteiger partial charge in [-0.1, -0.05) is 13.8 Å². The third-order valence-electron chi connectivity index (χ3n) is 4.40. The standard InChI is InChI=1S/C16H23BrN4O2S2/c1-13(2)16-18-5-6-20(16)10-7-19-8-11-21(12-9-19)25(22,23)15-4-3-14(17)24-15/h3-6,13H,7-12H2,1-2H3. The quantitative estimate of drug-likeness (QED) is 0.684. The third-order valence-corrected chi connectivity index (χ3v) is 8.38. The van der Waals surface area contributed by atoms with Crippen LogP contribution in [0.4, 0.5) is 0 Å². The van der Waals surface area contributed by atoms with Gasteiger partial charge in [-0.15, -0.1) is 11.3 Å². The summed E-state index contributed by atoms with van der Waals surface area (Å²) in [5.74, 6) is 1.51. The molecule has 1 saturated heterocycles. The van der Waals surface area contributed by atoms with Gasteiger partial charge in [-0.25, -0.2) is 13.4 Å². The van der Waals surface area contributed by atoms with E-state index in [-0.39, 0.29) is 0 Å². The number of halogens is 1. The number of rotatable bonds is 6. The van der Waals surface area contributed by atoms with Gasteiger partial charge in [0.05, 0.1) is 3.79 Å². The molecular formula is C16H23BrN4O2S2. The van der Waals surface area contributed by atoms with Crippen LogP contribution in [0.1, 0.15) is 25.6 Å². The molecule has 2 aromatic heterocycles. The zero-order valence-corrected chi connectivity index (χ0v) is 17.6. The molecule has 3 heterocycles. The van der Waals surface area contributed by atoms with E-state index in [0.29, 0.717) is 23.2 Å². The molecule has 0 N–H and O–H groups in total. The summed E-state index contributed by atoms with van der Waals surface area (Å²) in [6.07, 6.45) is 3.86. The first-order valence-corrected chi connectivity index (χ1v) is 11.4. The number of piperazine rings is 1. The highest BCUT2D eigenvalue weighted by Crippen LogP contribution is 2.28. The van der Waals surface area contributed by atoms with E-state index in [9.17, 15) is 8.42 Å². The summed E-state index contributed by atoms with van der Waals surface area (Å²) in [7, 11) is -3.36. The molecule has 0 aliphatic carbocycles. The highest BCUT2D eigenvalue weighted by molar-refractivity contribution is 9.11. The Labute approximate surface area is 161 Å². The molecule has 1 fully saturated rings. The van der Waals surface area contributed by atoms with E-state index < -0.39 is 10.0 Å². The molecule has 0 aromatic carbocycles. The summed E-state index contributed by atoms with van der Waals surface area (Å²) in [4.78, 5) is 6.73. The van der Waals surface area contributed by atoms with Crippen molar-refractivity contribution in [1.82, 2.24) is 18.8 Å². The Morgan fingerprint density at radius 1 is 1.20 bits per heavy atom. The summed E-state index contributed by atoms with van der Waals surface area (Å²) in [5.41, 5.74) is 0. The Kier molecular flexibility index (Phi) is 5.99. The zero-order valence-electron chi connectivity index (χ0n) is 14.4. The number of nitrogens with zero attached hydrogens (tertiary/aromatic N) is 4. The summed E-state index contributed by atoms with van der Waals surface area (Å²) in [5, 5.41) is 0. The van der Waals surface area contributed by atoms with E-state index in [2.05, 4.69) is 44.2 Å². The molecule has 1 aliphatic heterocycles. The lowest BCUT2D eigenvalue weighted by molar-refractivity contribution is 0.182. The van der Waals surface area contributed by atoms with Gasteiger partial charge < -0.3 is 4.57 Å². The second-order valence-corrected chi connectivity index (χ2v) is 11.1. The molecule has 2 aromatic rings. The Balaban J connectivity index is 1.54. The minimum absolute atomic E-state index is 0.405. The van der Waals surface area contributed by atoms with Crippen LogP contribution in [0.2, 0.25) is 0 Å². The van der Waals surface area contributed by atoms with Crippen LogP contribution in [0.25, 0.3) is 0 Å². The first-order valence-electron chi connectivity index (χ1n) is 8.37. The van der Waals surface area contributed by atoms with Crippen molar-refractivity contribution in [3.63, 3.8) is 0 Å². The Bertz CT molecular complexity index is 808. The zero-order chi connectivity index (χ0) is 18.0. The average Bonchev–Trinajstić information content (AvgIpc) is 3.22. The SMILES string of the molecule is CC(C)c1nccn1CCN1CCN(S(=O)(=O)c2ccc(Br)s2)CC1. The van der Waals surface area contributed by atoms with Gasteiger partial charge in [-0.05, 0) is 28.1 Å². The fourth-order valence-corrected chi connectivity index (χ4v) is 6.60. The molecule has 0 spiro atoms. The lowest BCUT2D eigenvalue weighted by Crippen LogP contribution is -2.49. The van der Waals surface area contributed by atoms with Gasteiger partial charge in [-0.2, -0.15) is 4.31 Å². The number of sulfonamides is 1. The Hall–Kier alpha value is -0.740. The van der Waals surface area contributed by atoms with Gasteiger partial charge in [0, 0.05) is 57.6 Å². The van der Waals surface area contributed by atoms with Crippen molar-refractivity contribution >= 4 is 37.3 Å². The molecule has 0 unspecified atom stereocenters. The summed E-state index contributed by atoms with van der Waals surface area (Å²) in [6.45, 7) is 8.69. The van der Waals surface area contributed by atoms with Gasteiger partial charge in [0.25, 0.3) is 10.0 Å². The van der Waals surface area contributed by atoms with Crippen molar-refractivity contribution < 1.29 is 8.42 Å². The minimum Gasteiger partial charge on any atom is -0.333 e. The first-order chi connectivity index (χ1) is 11.9. The van der Waals surface area contributed by atoms with Crippen molar-refractivity contribution in [2.24, 2.45) is 0 Å². The molecule has 0 radical (unpaired) electrons. The topological polar surface area (TPSA) is 58.4 Å². The van der Waals surface area contributed by atoms with Gasteiger partial charge in [-0.3, -0.25) is 4.90 Å². The van der Waals surface area contributed by atoms with E-state index >= 15 is 0 Å². The van der Waals surface area contributed by atoms with Crippen molar-refractivity contribution in [2.45, 2.75) is 30.5 Å². The van der Waals surface area contributed by atoms with Crippen molar-refractivity contribution in [2.75, 3.05) is 32.7 Å². The fraction of sp³-hybridized carbons (Fsp3) is 0.562. The van der Waals surface area contributed by atoms with Crippen LogP contribution in [0.5, 0.6) is 0 Å². The maximum atomic E-state index is 12.7. The van der Waals surface area contributed by atoms with Crippen molar-refractivity contribution in [3.05, 3.63) is 34.1 Å². The predicted octanol–water partition coefficient (Wildman–Crippen LogP) is 2.84. The van der Waals surface area contributed by atoms with Gasteiger partial charge in [0.15, 0.2) is 0 Å². The molecule has 0 saturated carbocycles. The van der Waals surface area contributed by atoms with Crippen molar-refractivity contribution in [3.8, 4) is 0 Å². The van der Waals surface area contributed by atoms with Gasteiger partial charge in [0.1, 0.15) is 10.0 Å². The maximum Gasteiger partial charge on any atom is 0.252 e. The van der Waals surface area contributed by atoms with Crippen molar-refractivity contribution in [1.29, 1.82) is 0 Å². The van der Waals surface area contributed by atoms with E-state index in [0.717, 1.165) is 35.8 Å². The van der Waals surface area contributed by atoms with Crippen LogP contribution in [0.3, 0.4) is 0 Å². The van der Waals surface area contributed by atoms with Crippen LogP contribution in [0.15, 0.2) is 32.5 Å². The molecule has 1 aliphatic rings. The van der Waals surface area contributed by atoms with Crippen LogP contribution < -0.4 is 0 Å². The highest BCUT2D eigenvalue weighted by atomic mass is 79.9. The molecular weight excluding hydrogens is 424 g/mol. The molecule has 6 nitrogen and oxygen atoms in total. The number of hydrogen-bond donors (Lipinski definition) is 0. The largest absolute Gasteiger partial charge is 0.333 e. The third kappa shape index (κ3) is 4.33. The number of imidazole rings is 1. The number of thiophene rings is 1. The predicted molar refractivity (Wildman–Crippen MR) is 104 cm³/mol. The Morgan fingerprint density at radius 2 is 1.92 bits per heavy atom. The van der Waals surface area contributed by atoms with Gasteiger partial charge >= 0.3 is 0 Å². The molecule has 3 rings (SSSR count). The first kappa shape index (κ1) is 19.0. The molecule has 9 heteroatoms. The van der Waals surface area contributed by atoms with Crippen LogP contribution in [0, 0.1) is 0 Å². The molecule has 0 bridgehead atoms. The maximum absolute atomic E-state index is 12.7. The van der Waals surface area contributed by atoms with Crippen LogP contribution in [-0.4, -0.2) is 59.9 Å². The summed E-state index contributed by atoms with van der Waals surface area (Å²) >= 11 is 4.60. The molecule has 25 heavy (non-hydrogen) atoms. The smallest absolute Gasteiger partial charge is 0.252 e. The van der Waals surface area contributed by atoms with Crippen LogP contribution in [-0.2, 0) is 16.6 Å². The summed E-state index contributed by atoms with van der Waals surface area (Å²) in [6, 6.07) is 3.45. The van der Waals surface area contributed by atoms with Crippen LogP contribution >= 0.6 is 27.3 Å². The molecule has 0 amide bonds. The second-order valence-electron chi connectivity index (χ2n) is 6.44. The van der Waals surface area contributed by atoms with E-state index in [1.54, 1.807) is 16.4 Å².